The van der Waals surface area contributed by atoms with E-state index in [1.54, 1.807) is 6.20 Å². The minimum Gasteiger partial charge on any atom is -0.393 e. The van der Waals surface area contributed by atoms with Gasteiger partial charge in [0, 0.05) is 32.3 Å². The maximum Gasteiger partial charge on any atom is 0.224 e. The summed E-state index contributed by atoms with van der Waals surface area (Å²) in [4.78, 5) is 8.69. The van der Waals surface area contributed by atoms with Crippen molar-refractivity contribution in [3.63, 3.8) is 0 Å². The highest BCUT2D eigenvalue weighted by molar-refractivity contribution is 5.54. The quantitative estimate of drug-likeness (QED) is 0.625. The van der Waals surface area contributed by atoms with Crippen molar-refractivity contribution in [1.82, 2.24) is 20.2 Å². The van der Waals surface area contributed by atoms with Gasteiger partial charge < -0.3 is 15.7 Å². The Morgan fingerprint density at radius 2 is 2.31 bits per heavy atom. The van der Waals surface area contributed by atoms with Crippen LogP contribution in [0.5, 0.6) is 0 Å². The van der Waals surface area contributed by atoms with E-state index in [1.807, 2.05) is 6.07 Å². The molecule has 0 saturated heterocycles. The van der Waals surface area contributed by atoms with Crippen LogP contribution in [0, 0.1) is 16.7 Å². The zero-order valence-electron chi connectivity index (χ0n) is 15.2. The number of anilines is 2. The number of hydrogen-bond acceptors (Lipinski definition) is 7. The van der Waals surface area contributed by atoms with E-state index in [0.717, 1.165) is 31.4 Å². The molecule has 0 aliphatic heterocycles. The molecule has 2 aromatic rings. The molecule has 0 spiro atoms. The van der Waals surface area contributed by atoms with Crippen molar-refractivity contribution in [2.45, 2.75) is 51.7 Å². The first kappa shape index (κ1) is 18.1. The molecule has 0 amide bonds. The van der Waals surface area contributed by atoms with Crippen LogP contribution in [-0.4, -0.2) is 44.0 Å². The summed E-state index contributed by atoms with van der Waals surface area (Å²) in [5.74, 6) is 1.03. The van der Waals surface area contributed by atoms with Crippen LogP contribution in [0.15, 0.2) is 18.5 Å². The van der Waals surface area contributed by atoms with E-state index in [-0.39, 0.29) is 19.0 Å². The summed E-state index contributed by atoms with van der Waals surface area (Å²) < 4.78 is 0. The molecule has 2 heterocycles. The molecule has 1 saturated carbocycles. The Morgan fingerprint density at radius 1 is 1.46 bits per heavy atom. The number of H-pyrrole nitrogens is 1. The number of nitriles is 1. The molecular weight excluding hydrogens is 330 g/mol. The first-order valence-electron chi connectivity index (χ1n) is 8.92. The number of aliphatic hydroxyl groups excluding tert-OH is 1. The molecule has 0 unspecified atom stereocenters. The van der Waals surface area contributed by atoms with Crippen LogP contribution in [0.4, 0.5) is 11.8 Å². The van der Waals surface area contributed by atoms with Gasteiger partial charge in [0.1, 0.15) is 17.5 Å². The number of rotatable bonds is 6. The second-order valence-electron chi connectivity index (χ2n) is 7.45. The monoisotopic (exact) mass is 357 g/mol. The third-order valence-electron chi connectivity index (χ3n) is 4.95. The Morgan fingerprint density at radius 3 is 3.00 bits per heavy atom. The lowest BCUT2D eigenvalue weighted by atomic mass is 9.73. The second-order valence-corrected chi connectivity index (χ2v) is 7.45. The predicted molar refractivity (Wildman–Crippen MR) is 101 cm³/mol. The van der Waals surface area contributed by atoms with Crippen LogP contribution < -0.4 is 10.6 Å². The lowest BCUT2D eigenvalue weighted by Crippen LogP contribution is -2.41. The van der Waals surface area contributed by atoms with Gasteiger partial charge in [-0.25, -0.2) is 4.98 Å². The molecular formula is C18H27N7O. The normalized spacial score (nSPS) is 21.8. The molecule has 1 aliphatic carbocycles. The number of aliphatic hydroxyl groups is 1. The maximum atomic E-state index is 10.1. The van der Waals surface area contributed by atoms with Gasteiger partial charge in [0.05, 0.1) is 12.3 Å². The summed E-state index contributed by atoms with van der Waals surface area (Å²) in [6.45, 7) is 4.80. The van der Waals surface area contributed by atoms with Gasteiger partial charge in [-0.3, -0.25) is 5.10 Å². The lowest BCUT2D eigenvalue weighted by molar-refractivity contribution is 0.00926. The highest BCUT2D eigenvalue weighted by atomic mass is 16.3. The van der Waals surface area contributed by atoms with Crippen molar-refractivity contribution in [1.29, 1.82) is 5.26 Å². The summed E-state index contributed by atoms with van der Waals surface area (Å²) in [6, 6.07) is 4.24. The first-order valence-corrected chi connectivity index (χ1v) is 8.92. The minimum absolute atomic E-state index is 0. The third-order valence-corrected chi connectivity index (χ3v) is 4.95. The fraction of sp³-hybridized carbons (Fsp3) is 0.556. The van der Waals surface area contributed by atoms with Gasteiger partial charge in [-0.1, -0.05) is 13.8 Å². The fourth-order valence-corrected chi connectivity index (χ4v) is 3.33. The van der Waals surface area contributed by atoms with Crippen molar-refractivity contribution < 1.29 is 6.53 Å². The standard InChI is InChI=1S/C18H25N7O.H2/c1-18(2)9-14(3-4-15(18)26)23-16-12(10-19)11-21-17(24-16)20-7-5-13-6-8-22-25-13;/h6,8,11,14-15,26H,3-5,7,9H2,1-2H3,(H,22,25)(H2,20,21,23,24);1H/t14-,15+;/m1./s1. The number of hydrogen-bond donors (Lipinski definition) is 4. The van der Waals surface area contributed by atoms with Gasteiger partial charge >= 0.3 is 0 Å². The molecule has 8 heteroatoms. The van der Waals surface area contributed by atoms with Gasteiger partial charge in [0.2, 0.25) is 5.95 Å². The van der Waals surface area contributed by atoms with E-state index >= 15 is 0 Å². The van der Waals surface area contributed by atoms with Crippen molar-refractivity contribution in [2.75, 3.05) is 17.2 Å². The number of nitrogens with zero attached hydrogens (tertiary/aromatic N) is 4. The van der Waals surface area contributed by atoms with Crippen LogP contribution in [0.3, 0.4) is 0 Å². The van der Waals surface area contributed by atoms with Gasteiger partial charge in [0.25, 0.3) is 0 Å². The number of nitrogens with one attached hydrogen (secondary N) is 3. The molecule has 140 valence electrons. The molecule has 8 nitrogen and oxygen atoms in total. The molecule has 1 aliphatic rings. The van der Waals surface area contributed by atoms with E-state index in [0.29, 0.717) is 23.9 Å². The molecule has 26 heavy (non-hydrogen) atoms. The summed E-state index contributed by atoms with van der Waals surface area (Å²) >= 11 is 0. The molecule has 4 N–H and O–H groups in total. The van der Waals surface area contributed by atoms with Gasteiger partial charge in [-0.2, -0.15) is 15.3 Å². The number of aromatic nitrogens is 4. The molecule has 2 aromatic heterocycles. The van der Waals surface area contributed by atoms with Gasteiger partial charge in [0.15, 0.2) is 0 Å². The van der Waals surface area contributed by atoms with Crippen molar-refractivity contribution >= 4 is 11.8 Å². The molecule has 0 radical (unpaired) electrons. The van der Waals surface area contributed by atoms with Crippen molar-refractivity contribution in [3.8, 4) is 6.07 Å². The van der Waals surface area contributed by atoms with Gasteiger partial charge in [-0.05, 0) is 30.7 Å². The zero-order chi connectivity index (χ0) is 18.6. The van der Waals surface area contributed by atoms with Crippen LogP contribution in [0.25, 0.3) is 0 Å². The van der Waals surface area contributed by atoms with Crippen LogP contribution >= 0.6 is 0 Å². The highest BCUT2D eigenvalue weighted by Gasteiger charge is 2.35. The summed E-state index contributed by atoms with van der Waals surface area (Å²) in [5.41, 5.74) is 1.31. The summed E-state index contributed by atoms with van der Waals surface area (Å²) in [5, 5.41) is 32.8. The van der Waals surface area contributed by atoms with E-state index in [1.165, 1.54) is 6.20 Å². The maximum absolute atomic E-state index is 10.1. The van der Waals surface area contributed by atoms with E-state index in [2.05, 4.69) is 50.7 Å². The Bertz CT molecular complexity index is 773. The second kappa shape index (κ2) is 7.70. The van der Waals surface area contributed by atoms with Crippen molar-refractivity contribution in [2.24, 2.45) is 5.41 Å². The SMILES string of the molecule is CC1(C)C[C@H](Nc2nc(NCCc3ccn[nH]3)ncc2C#N)CC[C@@H]1O.[HH]. The Hall–Kier alpha value is -2.66. The number of aromatic amines is 1. The molecule has 0 bridgehead atoms. The zero-order valence-corrected chi connectivity index (χ0v) is 15.2. The van der Waals surface area contributed by atoms with E-state index in [4.69, 9.17) is 0 Å². The van der Waals surface area contributed by atoms with Crippen LogP contribution in [0.2, 0.25) is 0 Å². The Kier molecular flexibility index (Phi) is 5.38. The summed E-state index contributed by atoms with van der Waals surface area (Å²) in [7, 11) is 0. The van der Waals surface area contributed by atoms with Crippen LogP contribution in [0.1, 0.15) is 45.8 Å². The van der Waals surface area contributed by atoms with E-state index < -0.39 is 0 Å². The topological polar surface area (TPSA) is 123 Å². The summed E-state index contributed by atoms with van der Waals surface area (Å²) in [6.07, 6.45) is 6.16. The van der Waals surface area contributed by atoms with Gasteiger partial charge in [-0.15, -0.1) is 0 Å². The molecule has 3 rings (SSSR count). The predicted octanol–water partition coefficient (Wildman–Crippen LogP) is 2.32. The average molecular weight is 357 g/mol. The lowest BCUT2D eigenvalue weighted by Gasteiger charge is -2.40. The first-order chi connectivity index (χ1) is 12.5. The highest BCUT2D eigenvalue weighted by Crippen LogP contribution is 2.36. The molecule has 2 atom stereocenters. The fourth-order valence-electron chi connectivity index (χ4n) is 3.33. The Balaban J connectivity index is 0.00000261. The average Bonchev–Trinajstić information content (AvgIpc) is 3.12. The van der Waals surface area contributed by atoms with Crippen molar-refractivity contribution in [3.05, 3.63) is 29.7 Å². The van der Waals surface area contributed by atoms with Crippen LogP contribution in [-0.2, 0) is 6.42 Å². The molecule has 1 fully saturated rings. The largest absolute Gasteiger partial charge is 0.393 e. The Labute approximate surface area is 154 Å². The molecule has 0 aromatic carbocycles. The minimum atomic E-state index is -0.291. The van der Waals surface area contributed by atoms with E-state index in [9.17, 15) is 10.4 Å². The third kappa shape index (κ3) is 4.29. The smallest absolute Gasteiger partial charge is 0.224 e.